The smallest absolute Gasteiger partial charge is 0.257 e. The van der Waals surface area contributed by atoms with Crippen molar-refractivity contribution in [3.8, 4) is 5.88 Å². The van der Waals surface area contributed by atoms with E-state index in [1.54, 1.807) is 14.2 Å². The van der Waals surface area contributed by atoms with E-state index in [4.69, 9.17) is 24.1 Å². The predicted molar refractivity (Wildman–Crippen MR) is 69.5 cm³/mol. The van der Waals surface area contributed by atoms with Crippen molar-refractivity contribution < 1.29 is 18.7 Å². The van der Waals surface area contributed by atoms with Gasteiger partial charge < -0.3 is 18.7 Å². The SMILES string of the molecule is CCOc1noc(C(=N)SCC(OC)OC)c1C. The summed E-state index contributed by atoms with van der Waals surface area (Å²) in [4.78, 5) is 0. The second-order valence-electron chi connectivity index (χ2n) is 3.42. The van der Waals surface area contributed by atoms with E-state index in [1.807, 2.05) is 13.8 Å². The highest BCUT2D eigenvalue weighted by Crippen LogP contribution is 2.24. The van der Waals surface area contributed by atoms with Gasteiger partial charge in [-0.15, -0.1) is 0 Å². The van der Waals surface area contributed by atoms with Gasteiger partial charge in [0.1, 0.15) is 5.04 Å². The third-order valence-electron chi connectivity index (χ3n) is 2.26. The number of rotatable bonds is 7. The monoisotopic (exact) mass is 274 g/mol. The number of methoxy groups -OCH3 is 2. The Morgan fingerprint density at radius 2 is 2.11 bits per heavy atom. The fourth-order valence-corrected chi connectivity index (χ4v) is 2.15. The van der Waals surface area contributed by atoms with Crippen LogP contribution in [0.15, 0.2) is 4.52 Å². The van der Waals surface area contributed by atoms with Gasteiger partial charge in [0, 0.05) is 14.2 Å². The zero-order valence-electron chi connectivity index (χ0n) is 11.0. The molecule has 1 heterocycles. The first-order valence-electron chi connectivity index (χ1n) is 5.50. The van der Waals surface area contributed by atoms with Gasteiger partial charge in [-0.25, -0.2) is 0 Å². The number of hydrogen-bond donors (Lipinski definition) is 1. The molecule has 6 nitrogen and oxygen atoms in total. The molecule has 0 fully saturated rings. The van der Waals surface area contributed by atoms with Crippen LogP contribution < -0.4 is 4.74 Å². The van der Waals surface area contributed by atoms with Crippen molar-refractivity contribution in [2.24, 2.45) is 0 Å². The molecule has 0 spiro atoms. The molecule has 0 aliphatic heterocycles. The number of nitrogens with zero attached hydrogens (tertiary/aromatic N) is 1. The summed E-state index contributed by atoms with van der Waals surface area (Å²) >= 11 is 1.28. The molecule has 0 saturated carbocycles. The van der Waals surface area contributed by atoms with Crippen LogP contribution in [0.25, 0.3) is 0 Å². The van der Waals surface area contributed by atoms with Crippen LogP contribution in [0.4, 0.5) is 0 Å². The Morgan fingerprint density at radius 3 is 2.67 bits per heavy atom. The highest BCUT2D eigenvalue weighted by Gasteiger charge is 2.18. The summed E-state index contributed by atoms with van der Waals surface area (Å²) < 4.78 is 20.5. The normalized spacial score (nSPS) is 10.9. The molecule has 0 aromatic carbocycles. The van der Waals surface area contributed by atoms with Crippen LogP contribution in [-0.2, 0) is 9.47 Å². The standard InChI is InChI=1S/C11H18N2O4S/c1-5-16-11-7(2)9(17-13-11)10(12)18-6-8(14-3)15-4/h8,12H,5-6H2,1-4H3. The zero-order chi connectivity index (χ0) is 13.5. The van der Waals surface area contributed by atoms with Crippen LogP contribution in [0, 0.1) is 12.3 Å². The fraction of sp³-hybridized carbons (Fsp3) is 0.636. The predicted octanol–water partition coefficient (Wildman–Crippen LogP) is 2.06. The van der Waals surface area contributed by atoms with Crippen LogP contribution in [0.2, 0.25) is 0 Å². The average molecular weight is 274 g/mol. The number of aromatic nitrogens is 1. The van der Waals surface area contributed by atoms with Crippen LogP contribution in [0.5, 0.6) is 5.88 Å². The maximum atomic E-state index is 7.92. The van der Waals surface area contributed by atoms with E-state index in [9.17, 15) is 0 Å². The molecule has 1 N–H and O–H groups in total. The summed E-state index contributed by atoms with van der Waals surface area (Å²) in [6.45, 7) is 4.20. The third kappa shape index (κ3) is 3.72. The van der Waals surface area contributed by atoms with Crippen molar-refractivity contribution in [3.05, 3.63) is 11.3 Å². The van der Waals surface area contributed by atoms with Gasteiger partial charge in [-0.3, -0.25) is 5.41 Å². The summed E-state index contributed by atoms with van der Waals surface area (Å²) in [5.74, 6) is 1.37. The first kappa shape index (κ1) is 15.0. The minimum atomic E-state index is -0.343. The first-order chi connectivity index (χ1) is 8.63. The molecule has 0 aliphatic carbocycles. The molecule has 0 radical (unpaired) electrons. The van der Waals surface area contributed by atoms with E-state index >= 15 is 0 Å². The van der Waals surface area contributed by atoms with Gasteiger partial charge in [0.25, 0.3) is 5.88 Å². The van der Waals surface area contributed by atoms with E-state index < -0.39 is 0 Å². The lowest BCUT2D eigenvalue weighted by molar-refractivity contribution is -0.0841. The Bertz CT molecular complexity index is 390. The van der Waals surface area contributed by atoms with Crippen molar-refractivity contribution in [1.29, 1.82) is 5.41 Å². The second kappa shape index (κ2) is 7.40. The van der Waals surface area contributed by atoms with Crippen molar-refractivity contribution in [1.82, 2.24) is 5.16 Å². The molecular weight excluding hydrogens is 256 g/mol. The van der Waals surface area contributed by atoms with E-state index in [0.29, 0.717) is 24.0 Å². The molecule has 0 saturated heterocycles. The van der Waals surface area contributed by atoms with Gasteiger partial charge in [-0.1, -0.05) is 11.8 Å². The summed E-state index contributed by atoms with van der Waals surface area (Å²) in [7, 11) is 3.12. The largest absolute Gasteiger partial charge is 0.476 e. The Morgan fingerprint density at radius 1 is 1.44 bits per heavy atom. The molecule has 1 aromatic heterocycles. The van der Waals surface area contributed by atoms with Gasteiger partial charge in [-0.05, 0) is 19.0 Å². The van der Waals surface area contributed by atoms with E-state index in [-0.39, 0.29) is 11.3 Å². The van der Waals surface area contributed by atoms with E-state index in [2.05, 4.69) is 5.16 Å². The maximum Gasteiger partial charge on any atom is 0.257 e. The summed E-state index contributed by atoms with van der Waals surface area (Å²) in [5, 5.41) is 12.0. The highest BCUT2D eigenvalue weighted by molar-refractivity contribution is 8.14. The van der Waals surface area contributed by atoms with Gasteiger partial charge in [0.05, 0.1) is 17.9 Å². The molecule has 1 aromatic rings. The van der Waals surface area contributed by atoms with Crippen molar-refractivity contribution in [3.63, 3.8) is 0 Å². The quantitative estimate of drug-likeness (QED) is 0.466. The Hall–Kier alpha value is -1.05. The lowest BCUT2D eigenvalue weighted by Crippen LogP contribution is -2.17. The molecule has 0 bridgehead atoms. The molecule has 0 amide bonds. The number of thioether (sulfide) groups is 1. The Kier molecular flexibility index (Phi) is 6.17. The Balaban J connectivity index is 2.61. The van der Waals surface area contributed by atoms with Crippen molar-refractivity contribution in [2.75, 3.05) is 26.6 Å². The van der Waals surface area contributed by atoms with Crippen molar-refractivity contribution >= 4 is 16.8 Å². The third-order valence-corrected chi connectivity index (χ3v) is 3.17. The minimum Gasteiger partial charge on any atom is -0.476 e. The summed E-state index contributed by atoms with van der Waals surface area (Å²) in [6.07, 6.45) is -0.343. The molecule has 0 atom stereocenters. The second-order valence-corrected chi connectivity index (χ2v) is 4.45. The van der Waals surface area contributed by atoms with Gasteiger partial charge >= 0.3 is 0 Å². The average Bonchev–Trinajstić information content (AvgIpc) is 2.73. The highest BCUT2D eigenvalue weighted by atomic mass is 32.2. The summed E-state index contributed by atoms with van der Waals surface area (Å²) in [6, 6.07) is 0. The number of nitrogens with one attached hydrogen (secondary N) is 1. The van der Waals surface area contributed by atoms with E-state index in [1.165, 1.54) is 11.8 Å². The molecule has 18 heavy (non-hydrogen) atoms. The van der Waals surface area contributed by atoms with Crippen LogP contribution >= 0.6 is 11.8 Å². The lowest BCUT2D eigenvalue weighted by atomic mass is 10.3. The van der Waals surface area contributed by atoms with Crippen LogP contribution in [0.1, 0.15) is 18.2 Å². The molecule has 7 heteroatoms. The first-order valence-corrected chi connectivity index (χ1v) is 6.48. The van der Waals surface area contributed by atoms with Gasteiger partial charge in [-0.2, -0.15) is 0 Å². The molecule has 1 rings (SSSR count). The molecular formula is C11H18N2O4S. The zero-order valence-corrected chi connectivity index (χ0v) is 11.8. The topological polar surface area (TPSA) is 77.6 Å². The minimum absolute atomic E-state index is 0.282. The van der Waals surface area contributed by atoms with Crippen LogP contribution in [0.3, 0.4) is 0 Å². The molecule has 0 unspecified atom stereocenters. The number of ether oxygens (including phenoxy) is 3. The fourth-order valence-electron chi connectivity index (χ4n) is 1.25. The Labute approximate surface area is 110 Å². The van der Waals surface area contributed by atoms with Crippen LogP contribution in [-0.4, -0.2) is 43.1 Å². The molecule has 102 valence electrons. The van der Waals surface area contributed by atoms with Crippen molar-refractivity contribution in [2.45, 2.75) is 20.1 Å². The summed E-state index contributed by atoms with van der Waals surface area (Å²) in [5.41, 5.74) is 0.737. The molecule has 0 aliphatic rings. The number of hydrogen-bond acceptors (Lipinski definition) is 7. The lowest BCUT2D eigenvalue weighted by Gasteiger charge is -2.12. The maximum absolute atomic E-state index is 7.92. The van der Waals surface area contributed by atoms with E-state index in [0.717, 1.165) is 5.56 Å². The van der Waals surface area contributed by atoms with Gasteiger partial charge in [0.2, 0.25) is 0 Å². The van der Waals surface area contributed by atoms with Gasteiger partial charge in [0.15, 0.2) is 12.1 Å².